The van der Waals surface area contributed by atoms with E-state index in [9.17, 15) is 4.79 Å². The van der Waals surface area contributed by atoms with Crippen molar-refractivity contribution in [3.63, 3.8) is 0 Å². The van der Waals surface area contributed by atoms with Gasteiger partial charge in [0.1, 0.15) is 0 Å². The Balaban J connectivity index is 1.70. The van der Waals surface area contributed by atoms with Gasteiger partial charge in [-0.1, -0.05) is 34.9 Å². The van der Waals surface area contributed by atoms with E-state index >= 15 is 0 Å². The van der Waals surface area contributed by atoms with Crippen molar-refractivity contribution in [2.24, 2.45) is 11.8 Å². The third-order valence-corrected chi connectivity index (χ3v) is 6.05. The Morgan fingerprint density at radius 1 is 1.26 bits per heavy atom. The number of methoxy groups -OCH3 is 1. The lowest BCUT2D eigenvalue weighted by Crippen LogP contribution is -2.58. The second kappa shape index (κ2) is 5.80. The summed E-state index contributed by atoms with van der Waals surface area (Å²) in [6.07, 6.45) is 5.52. The largest absolute Gasteiger partial charge is 0.469 e. The van der Waals surface area contributed by atoms with Crippen molar-refractivity contribution in [2.75, 3.05) is 13.7 Å². The first kappa shape index (κ1) is 15.5. The number of nitrogens with zero attached hydrogens (tertiary/aromatic N) is 1. The SMILES string of the molecule is COC(=O)[C@H]1[C@@H]2C[C@@H]3CC[C@H]1N3C/C2=C\c1cc(Cl)cc(Cl)c1. The first-order valence-corrected chi connectivity index (χ1v) is 8.82. The molecule has 0 saturated carbocycles. The quantitative estimate of drug-likeness (QED) is 0.753. The van der Waals surface area contributed by atoms with Gasteiger partial charge in [0.25, 0.3) is 0 Å². The van der Waals surface area contributed by atoms with Crippen molar-refractivity contribution < 1.29 is 9.53 Å². The van der Waals surface area contributed by atoms with Gasteiger partial charge in [-0.05, 0) is 48.9 Å². The number of ether oxygens (including phenoxy) is 1. The molecule has 0 N–H and O–H groups in total. The summed E-state index contributed by atoms with van der Waals surface area (Å²) in [4.78, 5) is 14.8. The van der Waals surface area contributed by atoms with Crippen LogP contribution in [-0.4, -0.2) is 36.6 Å². The van der Waals surface area contributed by atoms with E-state index in [1.54, 1.807) is 6.07 Å². The van der Waals surface area contributed by atoms with Crippen LogP contribution in [0.3, 0.4) is 0 Å². The smallest absolute Gasteiger partial charge is 0.310 e. The highest BCUT2D eigenvalue weighted by atomic mass is 35.5. The van der Waals surface area contributed by atoms with Crippen molar-refractivity contribution in [3.8, 4) is 0 Å². The van der Waals surface area contributed by atoms with E-state index in [0.717, 1.165) is 24.9 Å². The number of benzene rings is 1. The van der Waals surface area contributed by atoms with Crippen LogP contribution >= 0.6 is 23.2 Å². The molecule has 23 heavy (non-hydrogen) atoms. The zero-order valence-electron chi connectivity index (χ0n) is 13.0. The molecule has 1 unspecified atom stereocenters. The predicted molar refractivity (Wildman–Crippen MR) is 91.6 cm³/mol. The van der Waals surface area contributed by atoms with Gasteiger partial charge in [-0.25, -0.2) is 0 Å². The van der Waals surface area contributed by atoms with Crippen LogP contribution in [0.5, 0.6) is 0 Å². The van der Waals surface area contributed by atoms with E-state index in [4.69, 9.17) is 27.9 Å². The number of esters is 1. The van der Waals surface area contributed by atoms with Gasteiger partial charge < -0.3 is 4.74 Å². The van der Waals surface area contributed by atoms with Gasteiger partial charge in [0.2, 0.25) is 0 Å². The van der Waals surface area contributed by atoms with Crippen LogP contribution in [0.25, 0.3) is 6.08 Å². The molecule has 122 valence electrons. The molecule has 4 fully saturated rings. The Labute approximate surface area is 146 Å². The summed E-state index contributed by atoms with van der Waals surface area (Å²) in [6.45, 7) is 0.942. The minimum atomic E-state index is -0.0694. The molecule has 5 heteroatoms. The molecule has 0 radical (unpaired) electrons. The average Bonchev–Trinajstić information content (AvgIpc) is 2.81. The number of hydrogen-bond acceptors (Lipinski definition) is 3. The van der Waals surface area contributed by atoms with E-state index in [2.05, 4.69) is 11.0 Å². The third-order valence-electron chi connectivity index (χ3n) is 5.62. The van der Waals surface area contributed by atoms with Crippen LogP contribution < -0.4 is 0 Å². The van der Waals surface area contributed by atoms with Crippen LogP contribution in [0.1, 0.15) is 24.8 Å². The molecule has 4 aliphatic rings. The molecule has 4 bridgehead atoms. The maximum Gasteiger partial charge on any atom is 0.310 e. The number of rotatable bonds is 2. The molecule has 4 saturated heterocycles. The second-order valence-corrected chi connectivity index (χ2v) is 7.66. The Hall–Kier alpha value is -1.03. The fourth-order valence-electron chi connectivity index (χ4n) is 4.75. The van der Waals surface area contributed by atoms with Crippen LogP contribution in [-0.2, 0) is 9.53 Å². The highest BCUT2D eigenvalue weighted by Gasteiger charge is 2.55. The van der Waals surface area contributed by atoms with Crippen LogP contribution in [0.2, 0.25) is 10.0 Å². The number of carbonyl (C=O) groups is 1. The van der Waals surface area contributed by atoms with Crippen LogP contribution in [0.15, 0.2) is 23.8 Å². The standard InChI is InChI=1S/C18H19Cl2NO2/c1-23-18(22)17-15-8-14-2-3-16(17)21(14)9-11(15)4-10-5-12(19)7-13(20)6-10/h4-7,14-17H,2-3,8-9H2,1H3/b11-4+/t14-,15+,16+,17-/m0/s1. The molecule has 0 spiro atoms. The summed E-state index contributed by atoms with van der Waals surface area (Å²) in [5, 5.41) is 1.27. The maximum absolute atomic E-state index is 12.3. The summed E-state index contributed by atoms with van der Waals surface area (Å²) in [5.74, 6) is 0.177. The third kappa shape index (κ3) is 2.59. The minimum absolute atomic E-state index is 0.0339. The molecule has 4 aliphatic heterocycles. The number of carbonyl (C=O) groups excluding carboxylic acids is 1. The summed E-state index contributed by atoms with van der Waals surface area (Å²) >= 11 is 12.2. The first-order chi connectivity index (χ1) is 11.1. The van der Waals surface area contributed by atoms with Crippen molar-refractivity contribution in [1.82, 2.24) is 4.90 Å². The highest BCUT2D eigenvalue weighted by Crippen LogP contribution is 2.50. The van der Waals surface area contributed by atoms with Gasteiger partial charge in [0.05, 0.1) is 13.0 Å². The molecule has 3 nitrogen and oxygen atoms in total. The first-order valence-electron chi connectivity index (χ1n) is 8.07. The van der Waals surface area contributed by atoms with E-state index in [1.165, 1.54) is 19.1 Å². The Kier molecular flexibility index (Phi) is 3.91. The lowest BCUT2D eigenvalue weighted by molar-refractivity contribution is -0.153. The normalized spacial score (nSPS) is 36.5. The molecule has 5 atom stereocenters. The predicted octanol–water partition coefficient (Wildman–Crippen LogP) is 4.03. The number of fused-ring (bicyclic) bond motifs is 1. The average molecular weight is 352 g/mol. The van der Waals surface area contributed by atoms with E-state index in [0.29, 0.717) is 22.1 Å². The highest BCUT2D eigenvalue weighted by molar-refractivity contribution is 6.34. The van der Waals surface area contributed by atoms with E-state index in [-0.39, 0.29) is 17.8 Å². The summed E-state index contributed by atoms with van der Waals surface area (Å²) in [7, 11) is 1.49. The fraction of sp³-hybridized carbons (Fsp3) is 0.500. The molecule has 1 aromatic carbocycles. The topological polar surface area (TPSA) is 29.5 Å². The molecule has 4 heterocycles. The summed E-state index contributed by atoms with van der Waals surface area (Å²) < 4.78 is 5.09. The van der Waals surface area contributed by atoms with Crippen LogP contribution in [0.4, 0.5) is 0 Å². The summed E-state index contributed by atoms with van der Waals surface area (Å²) in [5.41, 5.74) is 2.30. The monoisotopic (exact) mass is 351 g/mol. The minimum Gasteiger partial charge on any atom is -0.469 e. The van der Waals surface area contributed by atoms with Gasteiger partial charge in [-0.2, -0.15) is 0 Å². The van der Waals surface area contributed by atoms with Crippen molar-refractivity contribution in [3.05, 3.63) is 39.4 Å². The molecule has 1 aromatic rings. The number of piperidine rings is 3. The van der Waals surface area contributed by atoms with E-state index in [1.807, 2.05) is 12.1 Å². The van der Waals surface area contributed by atoms with Crippen molar-refractivity contribution >= 4 is 35.2 Å². The number of halogens is 2. The van der Waals surface area contributed by atoms with Gasteiger partial charge >= 0.3 is 5.97 Å². The maximum atomic E-state index is 12.3. The summed E-state index contributed by atoms with van der Waals surface area (Å²) in [6, 6.07) is 6.55. The second-order valence-electron chi connectivity index (χ2n) is 6.78. The number of hydrogen-bond donors (Lipinski definition) is 0. The Bertz CT molecular complexity index is 667. The lowest BCUT2D eigenvalue weighted by Gasteiger charge is -2.50. The van der Waals surface area contributed by atoms with Crippen molar-refractivity contribution in [1.29, 1.82) is 0 Å². The zero-order valence-corrected chi connectivity index (χ0v) is 14.5. The lowest BCUT2D eigenvalue weighted by atomic mass is 9.71. The molecule has 0 amide bonds. The van der Waals surface area contributed by atoms with Crippen LogP contribution in [0, 0.1) is 11.8 Å². The van der Waals surface area contributed by atoms with Gasteiger partial charge in [-0.15, -0.1) is 0 Å². The molecular weight excluding hydrogens is 333 g/mol. The Morgan fingerprint density at radius 3 is 2.70 bits per heavy atom. The molecule has 0 aliphatic carbocycles. The van der Waals surface area contributed by atoms with Gasteiger partial charge in [0, 0.05) is 28.7 Å². The molecule has 5 rings (SSSR count). The fourth-order valence-corrected chi connectivity index (χ4v) is 5.29. The van der Waals surface area contributed by atoms with Gasteiger partial charge in [0.15, 0.2) is 0 Å². The Morgan fingerprint density at radius 2 is 2.00 bits per heavy atom. The van der Waals surface area contributed by atoms with Crippen molar-refractivity contribution in [2.45, 2.75) is 31.3 Å². The van der Waals surface area contributed by atoms with E-state index < -0.39 is 0 Å². The molecular formula is C18H19Cl2NO2. The zero-order chi connectivity index (χ0) is 16.1. The molecule has 0 aromatic heterocycles. The van der Waals surface area contributed by atoms with Gasteiger partial charge in [-0.3, -0.25) is 9.69 Å².